The lowest BCUT2D eigenvalue weighted by molar-refractivity contribution is 0.0516. The lowest BCUT2D eigenvalue weighted by atomic mass is 9.78. The van der Waals surface area contributed by atoms with Gasteiger partial charge in [0.15, 0.2) is 0 Å². The number of aliphatic hydroxyl groups is 1. The first-order valence-electron chi connectivity index (χ1n) is 4.07. The molecule has 1 heteroatoms. The van der Waals surface area contributed by atoms with E-state index < -0.39 is 0 Å². The summed E-state index contributed by atoms with van der Waals surface area (Å²) in [6.07, 6.45) is 0.721. The lowest BCUT2D eigenvalue weighted by Crippen LogP contribution is -2.28. The molecule has 0 saturated carbocycles. The van der Waals surface area contributed by atoms with Gasteiger partial charge in [0.1, 0.15) is 0 Å². The number of aliphatic hydroxyl groups excluding tert-OH is 1. The van der Waals surface area contributed by atoms with Crippen molar-refractivity contribution in [2.75, 3.05) is 0 Å². The van der Waals surface area contributed by atoms with Crippen molar-refractivity contribution in [3.8, 4) is 0 Å². The van der Waals surface area contributed by atoms with E-state index in [-0.39, 0.29) is 11.5 Å². The van der Waals surface area contributed by atoms with Crippen LogP contribution >= 0.6 is 0 Å². The van der Waals surface area contributed by atoms with Crippen molar-refractivity contribution in [1.82, 2.24) is 0 Å². The van der Waals surface area contributed by atoms with Gasteiger partial charge in [-0.15, -0.1) is 0 Å². The van der Waals surface area contributed by atoms with Crippen LogP contribution in [0.2, 0.25) is 0 Å². The largest absolute Gasteiger partial charge is 0.393 e. The van der Waals surface area contributed by atoms with Crippen molar-refractivity contribution in [2.45, 2.75) is 47.1 Å². The summed E-state index contributed by atoms with van der Waals surface area (Å²) in [7, 11) is 0. The fourth-order valence-electron chi connectivity index (χ4n) is 0.931. The van der Waals surface area contributed by atoms with Crippen LogP contribution in [0.25, 0.3) is 0 Å². The molecule has 0 aliphatic carbocycles. The van der Waals surface area contributed by atoms with E-state index in [1.165, 1.54) is 0 Å². The molecule has 0 heterocycles. The smallest absolute Gasteiger partial charge is 0.0568 e. The zero-order valence-electron chi connectivity index (χ0n) is 7.81. The first-order valence-corrected chi connectivity index (χ1v) is 4.07. The van der Waals surface area contributed by atoms with Gasteiger partial charge in [0.2, 0.25) is 0 Å². The summed E-state index contributed by atoms with van der Waals surface area (Å²) in [6, 6.07) is 0. The van der Waals surface area contributed by atoms with Gasteiger partial charge in [0.25, 0.3) is 0 Å². The second kappa shape index (κ2) is 3.38. The highest BCUT2D eigenvalue weighted by Crippen LogP contribution is 2.28. The van der Waals surface area contributed by atoms with Crippen molar-refractivity contribution in [3.63, 3.8) is 0 Å². The first-order chi connectivity index (χ1) is 4.39. The summed E-state index contributed by atoms with van der Waals surface area (Å²) in [5.74, 6) is 0.387. The fourth-order valence-corrected chi connectivity index (χ4v) is 0.931. The highest BCUT2D eigenvalue weighted by Gasteiger charge is 2.25. The van der Waals surface area contributed by atoms with E-state index in [9.17, 15) is 5.11 Å². The maximum Gasteiger partial charge on any atom is 0.0568 e. The minimum Gasteiger partial charge on any atom is -0.393 e. The molecule has 10 heavy (non-hydrogen) atoms. The van der Waals surface area contributed by atoms with Gasteiger partial charge in [0, 0.05) is 0 Å². The molecule has 0 aliphatic heterocycles. The normalized spacial score (nSPS) is 18.6. The maximum absolute atomic E-state index is 9.46. The van der Waals surface area contributed by atoms with E-state index in [4.69, 9.17) is 0 Å². The van der Waals surface area contributed by atoms with Gasteiger partial charge in [-0.1, -0.05) is 34.6 Å². The summed E-state index contributed by atoms with van der Waals surface area (Å²) < 4.78 is 0. The van der Waals surface area contributed by atoms with E-state index in [1.54, 1.807) is 0 Å². The van der Waals surface area contributed by atoms with Crippen LogP contribution in [0.1, 0.15) is 41.0 Å². The quantitative estimate of drug-likeness (QED) is 0.631. The molecule has 0 radical (unpaired) electrons. The third kappa shape index (κ3) is 2.70. The summed E-state index contributed by atoms with van der Waals surface area (Å²) in [5.41, 5.74) is 0.232. The van der Waals surface area contributed by atoms with Gasteiger partial charge in [0.05, 0.1) is 6.10 Å². The monoisotopic (exact) mass is 144 g/mol. The average molecular weight is 144 g/mol. The van der Waals surface area contributed by atoms with Crippen molar-refractivity contribution < 1.29 is 5.11 Å². The van der Waals surface area contributed by atoms with Gasteiger partial charge in [-0.2, -0.15) is 0 Å². The average Bonchev–Trinajstić information content (AvgIpc) is 1.83. The Hall–Kier alpha value is -0.0400. The third-order valence-corrected chi connectivity index (χ3v) is 2.36. The molecule has 0 rings (SSSR count). The lowest BCUT2D eigenvalue weighted by Gasteiger charge is -2.30. The molecule has 2 atom stereocenters. The molecule has 0 aromatic rings. The van der Waals surface area contributed by atoms with Crippen LogP contribution in [-0.2, 0) is 0 Å². The van der Waals surface area contributed by atoms with Crippen molar-refractivity contribution in [3.05, 3.63) is 0 Å². The zero-order chi connectivity index (χ0) is 8.36. The van der Waals surface area contributed by atoms with Gasteiger partial charge < -0.3 is 5.11 Å². The summed E-state index contributed by atoms with van der Waals surface area (Å²) in [6.45, 7) is 10.6. The molecule has 62 valence electrons. The van der Waals surface area contributed by atoms with Gasteiger partial charge >= 0.3 is 0 Å². The zero-order valence-corrected chi connectivity index (χ0v) is 7.81. The number of hydrogen-bond donors (Lipinski definition) is 1. The summed E-state index contributed by atoms with van der Waals surface area (Å²) >= 11 is 0. The third-order valence-electron chi connectivity index (χ3n) is 2.36. The van der Waals surface area contributed by atoms with Gasteiger partial charge in [-0.05, 0) is 17.8 Å². The Bertz CT molecular complexity index is 91.4. The predicted molar refractivity (Wildman–Crippen MR) is 44.9 cm³/mol. The van der Waals surface area contributed by atoms with E-state index in [2.05, 4.69) is 27.7 Å². The van der Waals surface area contributed by atoms with Crippen LogP contribution < -0.4 is 0 Å². The molecule has 0 aromatic carbocycles. The number of hydrogen-bond acceptors (Lipinski definition) is 1. The summed E-state index contributed by atoms with van der Waals surface area (Å²) in [4.78, 5) is 0. The highest BCUT2D eigenvalue weighted by molar-refractivity contribution is 4.75. The molecular weight excluding hydrogens is 124 g/mol. The minimum atomic E-state index is -0.139. The fraction of sp³-hybridized carbons (Fsp3) is 1.00. The Kier molecular flexibility index (Phi) is 3.37. The standard InChI is InChI=1S/C9H20O/c1-6-8(10)7(2)9(3,4)5/h7-8,10H,6H2,1-5H3. The molecule has 2 unspecified atom stereocenters. The molecule has 1 nitrogen and oxygen atoms in total. The molecule has 0 amide bonds. The molecule has 0 bridgehead atoms. The highest BCUT2D eigenvalue weighted by atomic mass is 16.3. The van der Waals surface area contributed by atoms with Crippen LogP contribution in [0.5, 0.6) is 0 Å². The molecule has 0 aromatic heterocycles. The van der Waals surface area contributed by atoms with Crippen molar-refractivity contribution in [2.24, 2.45) is 11.3 Å². The topological polar surface area (TPSA) is 20.2 Å². The maximum atomic E-state index is 9.46. The van der Waals surface area contributed by atoms with Crippen LogP contribution in [0.3, 0.4) is 0 Å². The molecule has 0 spiro atoms. The predicted octanol–water partition coefficient (Wildman–Crippen LogP) is 2.44. The van der Waals surface area contributed by atoms with Gasteiger partial charge in [-0.25, -0.2) is 0 Å². The van der Waals surface area contributed by atoms with E-state index >= 15 is 0 Å². The van der Waals surface area contributed by atoms with Crippen molar-refractivity contribution in [1.29, 1.82) is 0 Å². The van der Waals surface area contributed by atoms with Crippen LogP contribution in [0, 0.1) is 11.3 Å². The van der Waals surface area contributed by atoms with E-state index in [0.717, 1.165) is 6.42 Å². The second-order valence-corrected chi connectivity index (χ2v) is 4.13. The SMILES string of the molecule is CCC(O)C(C)C(C)(C)C. The summed E-state index contributed by atoms with van der Waals surface area (Å²) in [5, 5.41) is 9.46. The molecule has 0 saturated heterocycles. The molecular formula is C9H20O. The van der Waals surface area contributed by atoms with E-state index in [0.29, 0.717) is 5.92 Å². The molecule has 0 aliphatic rings. The Morgan fingerprint density at radius 1 is 1.30 bits per heavy atom. The van der Waals surface area contributed by atoms with Gasteiger partial charge in [-0.3, -0.25) is 0 Å². The second-order valence-electron chi connectivity index (χ2n) is 4.13. The first kappa shape index (κ1) is 9.96. The Morgan fingerprint density at radius 3 is 1.80 bits per heavy atom. The van der Waals surface area contributed by atoms with E-state index in [1.807, 2.05) is 6.92 Å². The Labute approximate surface area is 64.5 Å². The Morgan fingerprint density at radius 2 is 1.70 bits per heavy atom. The molecule has 1 N–H and O–H groups in total. The van der Waals surface area contributed by atoms with Crippen LogP contribution in [0.4, 0.5) is 0 Å². The van der Waals surface area contributed by atoms with Crippen LogP contribution in [-0.4, -0.2) is 11.2 Å². The molecule has 0 fully saturated rings. The minimum absolute atomic E-state index is 0.139. The number of rotatable bonds is 2. The van der Waals surface area contributed by atoms with Crippen LogP contribution in [0.15, 0.2) is 0 Å². The van der Waals surface area contributed by atoms with Crippen molar-refractivity contribution >= 4 is 0 Å². The Balaban J connectivity index is 3.94.